The molecule has 3 aliphatic heterocycles. The van der Waals surface area contributed by atoms with Crippen LogP contribution in [0, 0.1) is 6.92 Å². The first-order valence-corrected chi connectivity index (χ1v) is 19.9. The Labute approximate surface area is 330 Å². The monoisotopic (exact) mass is 748 g/mol. The molecule has 9 heteroatoms. The summed E-state index contributed by atoms with van der Waals surface area (Å²) in [5, 5.41) is 0. The number of anilines is 2. The standard InChI is InChI=1S/C47H52N6O3/c1-32-25-35-11-9-10-12-37(35)31-53(32)47(56)43-28-38-30-52(45(54)26-34-15-17-40(18-16-34)51-23-21-48(3)22-24-51)20-19-36(38)27-42(43)44-29-41(33(2)49(44)4)46(55)50(5)39-13-7-6-8-14-39/h6-18,27-29,32H,19-26,30-31H2,1-5H3/t32-/m1/s1. The van der Waals surface area contributed by atoms with E-state index >= 15 is 0 Å². The average molecular weight is 749 g/mol. The first-order chi connectivity index (χ1) is 27.0. The fourth-order valence-electron chi connectivity index (χ4n) is 8.62. The van der Waals surface area contributed by atoms with Gasteiger partial charge in [0.25, 0.3) is 11.8 Å². The predicted octanol–water partition coefficient (Wildman–Crippen LogP) is 6.74. The SMILES string of the molecule is Cc1c(C(=O)N(C)c2ccccc2)cc(-c2cc3c(cc2C(=O)N2Cc4ccccc4C[C@H]2C)CN(C(=O)Cc2ccc(N4CCN(C)CC4)cc2)CC3)n1C. The molecule has 0 N–H and O–H groups in total. The van der Waals surface area contributed by atoms with Crippen molar-refractivity contribution in [3.05, 3.63) is 142 Å². The van der Waals surface area contributed by atoms with Gasteiger partial charge in [0.15, 0.2) is 0 Å². The van der Waals surface area contributed by atoms with Crippen LogP contribution in [-0.4, -0.2) is 89.8 Å². The molecular weight excluding hydrogens is 697 g/mol. The topological polar surface area (TPSA) is 72.3 Å². The van der Waals surface area contributed by atoms with E-state index in [-0.39, 0.29) is 23.8 Å². The van der Waals surface area contributed by atoms with Gasteiger partial charge in [0.1, 0.15) is 0 Å². The van der Waals surface area contributed by atoms with E-state index in [2.05, 4.69) is 72.3 Å². The Bertz CT molecular complexity index is 2270. The molecular formula is C47H52N6O3. The minimum Gasteiger partial charge on any atom is -0.369 e. The molecule has 4 heterocycles. The maximum absolute atomic E-state index is 14.9. The van der Waals surface area contributed by atoms with Crippen LogP contribution in [0.5, 0.6) is 0 Å². The molecule has 4 aromatic carbocycles. The molecule has 8 rings (SSSR count). The molecule has 5 aromatic rings. The third-order valence-electron chi connectivity index (χ3n) is 12.4. The molecule has 288 valence electrons. The fraction of sp³-hybridized carbons (Fsp3) is 0.340. The lowest BCUT2D eigenvalue weighted by Crippen LogP contribution is -2.44. The molecule has 9 nitrogen and oxygen atoms in total. The maximum Gasteiger partial charge on any atom is 0.259 e. The second kappa shape index (κ2) is 15.5. The average Bonchev–Trinajstić information content (AvgIpc) is 3.52. The summed E-state index contributed by atoms with van der Waals surface area (Å²) in [6, 6.07) is 32.6. The summed E-state index contributed by atoms with van der Waals surface area (Å²) in [6.45, 7) is 9.78. The van der Waals surface area contributed by atoms with Crippen LogP contribution in [0.15, 0.2) is 97.1 Å². The molecule has 3 aliphatic rings. The Morgan fingerprint density at radius 1 is 0.732 bits per heavy atom. The molecule has 0 bridgehead atoms. The van der Waals surface area contributed by atoms with Crippen molar-refractivity contribution < 1.29 is 14.4 Å². The zero-order chi connectivity index (χ0) is 39.1. The summed E-state index contributed by atoms with van der Waals surface area (Å²) in [7, 11) is 5.92. The number of piperazine rings is 1. The van der Waals surface area contributed by atoms with Gasteiger partial charge in [-0.15, -0.1) is 0 Å². The molecule has 56 heavy (non-hydrogen) atoms. The van der Waals surface area contributed by atoms with Crippen LogP contribution in [0.25, 0.3) is 11.3 Å². The van der Waals surface area contributed by atoms with E-state index in [1.54, 1.807) is 11.9 Å². The molecule has 0 aliphatic carbocycles. The Kier molecular flexibility index (Phi) is 10.3. The number of benzene rings is 4. The summed E-state index contributed by atoms with van der Waals surface area (Å²) >= 11 is 0. The lowest BCUT2D eigenvalue weighted by atomic mass is 9.89. The molecule has 0 unspecified atom stereocenters. The number of carbonyl (C=O) groups is 3. The summed E-state index contributed by atoms with van der Waals surface area (Å²) in [5.41, 5.74) is 11.2. The third-order valence-corrected chi connectivity index (χ3v) is 12.4. The molecule has 1 fully saturated rings. The van der Waals surface area contributed by atoms with Crippen molar-refractivity contribution in [1.29, 1.82) is 0 Å². The number of likely N-dealkylation sites (N-methyl/N-ethyl adjacent to an activating group) is 1. The predicted molar refractivity (Wildman–Crippen MR) is 223 cm³/mol. The number of hydrogen-bond donors (Lipinski definition) is 0. The highest BCUT2D eigenvalue weighted by Crippen LogP contribution is 2.36. The minimum absolute atomic E-state index is 0.00816. The van der Waals surface area contributed by atoms with Crippen LogP contribution >= 0.6 is 0 Å². The third kappa shape index (κ3) is 7.23. The molecule has 0 radical (unpaired) electrons. The largest absolute Gasteiger partial charge is 0.369 e. The zero-order valence-corrected chi connectivity index (χ0v) is 33.3. The van der Waals surface area contributed by atoms with Gasteiger partial charge in [0.2, 0.25) is 5.91 Å². The van der Waals surface area contributed by atoms with E-state index < -0.39 is 0 Å². The van der Waals surface area contributed by atoms with Gasteiger partial charge in [-0.1, -0.05) is 54.6 Å². The minimum atomic E-state index is -0.106. The molecule has 3 amide bonds. The second-order valence-electron chi connectivity index (χ2n) is 15.9. The van der Waals surface area contributed by atoms with Crippen molar-refractivity contribution in [2.75, 3.05) is 56.6 Å². The maximum atomic E-state index is 14.9. The van der Waals surface area contributed by atoms with Crippen molar-refractivity contribution >= 4 is 29.1 Å². The van der Waals surface area contributed by atoms with Gasteiger partial charge < -0.3 is 29.1 Å². The Morgan fingerprint density at radius 2 is 1.43 bits per heavy atom. The highest BCUT2D eigenvalue weighted by atomic mass is 16.2. The molecule has 1 saturated heterocycles. The summed E-state index contributed by atoms with van der Waals surface area (Å²) < 4.78 is 2.03. The van der Waals surface area contributed by atoms with E-state index in [1.165, 1.54) is 16.8 Å². The number of para-hydroxylation sites is 1. The number of fused-ring (bicyclic) bond motifs is 2. The zero-order valence-electron chi connectivity index (χ0n) is 33.3. The summed E-state index contributed by atoms with van der Waals surface area (Å²) in [4.78, 5) is 53.0. The number of amides is 3. The number of carbonyl (C=O) groups excluding carboxylic acids is 3. The lowest BCUT2D eigenvalue weighted by molar-refractivity contribution is -0.131. The smallest absolute Gasteiger partial charge is 0.259 e. The normalized spacial score (nSPS) is 17.0. The van der Waals surface area contributed by atoms with E-state index in [9.17, 15) is 14.4 Å². The van der Waals surface area contributed by atoms with Crippen molar-refractivity contribution in [3.8, 4) is 11.3 Å². The molecule has 0 spiro atoms. The number of rotatable bonds is 7. The van der Waals surface area contributed by atoms with E-state index in [0.29, 0.717) is 43.6 Å². The number of nitrogens with zero attached hydrogens (tertiary/aromatic N) is 6. The lowest BCUT2D eigenvalue weighted by Gasteiger charge is -2.36. The van der Waals surface area contributed by atoms with Gasteiger partial charge >= 0.3 is 0 Å². The van der Waals surface area contributed by atoms with Crippen molar-refractivity contribution in [3.63, 3.8) is 0 Å². The van der Waals surface area contributed by atoms with Crippen molar-refractivity contribution in [1.82, 2.24) is 19.3 Å². The van der Waals surface area contributed by atoms with Gasteiger partial charge in [0, 0.05) is 99.8 Å². The van der Waals surface area contributed by atoms with Gasteiger partial charge in [-0.3, -0.25) is 14.4 Å². The Morgan fingerprint density at radius 3 is 2.16 bits per heavy atom. The number of aromatic nitrogens is 1. The number of hydrogen-bond acceptors (Lipinski definition) is 5. The quantitative estimate of drug-likeness (QED) is 0.185. The van der Waals surface area contributed by atoms with Crippen molar-refractivity contribution in [2.24, 2.45) is 7.05 Å². The Hall–Kier alpha value is -5.67. The van der Waals surface area contributed by atoms with Gasteiger partial charge in [-0.2, -0.15) is 0 Å². The van der Waals surface area contributed by atoms with Gasteiger partial charge in [0.05, 0.1) is 12.0 Å². The van der Waals surface area contributed by atoms with Crippen LogP contribution in [0.1, 0.15) is 61.2 Å². The fourth-order valence-corrected chi connectivity index (χ4v) is 8.62. The molecule has 0 saturated carbocycles. The highest BCUT2D eigenvalue weighted by molar-refractivity contribution is 6.08. The summed E-state index contributed by atoms with van der Waals surface area (Å²) in [6.07, 6.45) is 1.81. The summed E-state index contributed by atoms with van der Waals surface area (Å²) in [5.74, 6) is -0.0578. The highest BCUT2D eigenvalue weighted by Gasteiger charge is 2.32. The van der Waals surface area contributed by atoms with Crippen molar-refractivity contribution in [2.45, 2.75) is 52.2 Å². The second-order valence-corrected chi connectivity index (χ2v) is 15.9. The van der Waals surface area contributed by atoms with Gasteiger partial charge in [-0.25, -0.2) is 0 Å². The van der Waals surface area contributed by atoms with Crippen LogP contribution in [0.2, 0.25) is 0 Å². The van der Waals surface area contributed by atoms with Crippen LogP contribution in [0.4, 0.5) is 11.4 Å². The van der Waals surface area contributed by atoms with E-state index in [4.69, 9.17) is 0 Å². The van der Waals surface area contributed by atoms with E-state index in [0.717, 1.165) is 71.9 Å². The van der Waals surface area contributed by atoms with Crippen LogP contribution in [-0.2, 0) is 44.2 Å². The van der Waals surface area contributed by atoms with Crippen LogP contribution in [0.3, 0.4) is 0 Å². The van der Waals surface area contributed by atoms with Crippen LogP contribution < -0.4 is 9.80 Å². The Balaban J connectivity index is 1.10. The van der Waals surface area contributed by atoms with Gasteiger partial charge in [-0.05, 0) is 104 Å². The molecule has 1 atom stereocenters. The first-order valence-electron chi connectivity index (χ1n) is 19.9. The molecule has 1 aromatic heterocycles. The van der Waals surface area contributed by atoms with E-state index in [1.807, 2.05) is 76.9 Å². The first kappa shape index (κ1) is 37.3.